The number of benzene rings is 3. The van der Waals surface area contributed by atoms with Crippen LogP contribution in [0, 0.1) is 25.7 Å². The van der Waals surface area contributed by atoms with Crippen molar-refractivity contribution in [2.45, 2.75) is 38.8 Å². The van der Waals surface area contributed by atoms with Crippen molar-refractivity contribution in [1.29, 1.82) is 0 Å². The average Bonchev–Trinajstić information content (AvgIpc) is 3.65. The van der Waals surface area contributed by atoms with Crippen molar-refractivity contribution in [2.75, 3.05) is 10.2 Å². The lowest BCUT2D eigenvalue weighted by Gasteiger charge is -2.29. The monoisotopic (exact) mass is 532 g/mol. The highest BCUT2D eigenvalue weighted by molar-refractivity contribution is 6.26. The molecule has 4 aromatic rings. The van der Waals surface area contributed by atoms with Gasteiger partial charge in [0, 0.05) is 40.0 Å². The Bertz CT molecular complexity index is 1770. The number of H-pyrrole nitrogens is 1. The molecule has 1 spiro atoms. The van der Waals surface area contributed by atoms with E-state index in [1.54, 1.807) is 24.3 Å². The molecule has 2 fully saturated rings. The number of imide groups is 1. The lowest BCUT2D eigenvalue weighted by molar-refractivity contribution is -0.130. The third-order valence-electron chi connectivity index (χ3n) is 9.07. The highest BCUT2D eigenvalue weighted by Crippen LogP contribution is 2.54. The summed E-state index contributed by atoms with van der Waals surface area (Å²) in [6.07, 6.45) is 2.39. The van der Waals surface area contributed by atoms with Gasteiger partial charge in [0.05, 0.1) is 17.5 Å². The number of carbonyl (C=O) groups excluding carboxylic acids is 4. The zero-order valence-corrected chi connectivity index (χ0v) is 22.4. The quantitative estimate of drug-likeness (QED) is 0.270. The van der Waals surface area contributed by atoms with Gasteiger partial charge in [-0.25, -0.2) is 4.90 Å². The number of anilines is 2. The van der Waals surface area contributed by atoms with E-state index in [1.165, 1.54) is 11.8 Å². The summed E-state index contributed by atoms with van der Waals surface area (Å²) in [5.41, 5.74) is 4.88. The SMILES string of the molecule is CC(=O)c1ccc(N2C(=O)[C@@H]3C(Cc4c[nH]c5ccccc45)NC4(C(=O)Nc5c4ccc(C)c5C)[C@@H]3C2=O)cc1. The van der Waals surface area contributed by atoms with E-state index >= 15 is 0 Å². The van der Waals surface area contributed by atoms with E-state index in [-0.39, 0.29) is 17.6 Å². The van der Waals surface area contributed by atoms with Crippen molar-refractivity contribution < 1.29 is 19.2 Å². The Morgan fingerprint density at radius 3 is 2.45 bits per heavy atom. The maximum absolute atomic E-state index is 14.3. The van der Waals surface area contributed by atoms with Crippen molar-refractivity contribution >= 4 is 45.8 Å². The minimum atomic E-state index is -1.38. The first-order valence-corrected chi connectivity index (χ1v) is 13.5. The maximum Gasteiger partial charge on any atom is 0.250 e. The van der Waals surface area contributed by atoms with E-state index in [1.807, 2.05) is 56.4 Å². The van der Waals surface area contributed by atoms with Crippen molar-refractivity contribution in [3.63, 3.8) is 0 Å². The second-order valence-electron chi connectivity index (χ2n) is 11.1. The third-order valence-corrected chi connectivity index (χ3v) is 9.07. The van der Waals surface area contributed by atoms with E-state index in [0.717, 1.165) is 27.6 Å². The zero-order valence-electron chi connectivity index (χ0n) is 22.4. The molecular formula is C32H28N4O4. The maximum atomic E-state index is 14.3. The summed E-state index contributed by atoms with van der Waals surface area (Å²) in [7, 11) is 0. The van der Waals surface area contributed by atoms with Gasteiger partial charge in [-0.05, 0) is 74.2 Å². The van der Waals surface area contributed by atoms with Gasteiger partial charge >= 0.3 is 0 Å². The molecule has 8 heteroatoms. The number of aromatic nitrogens is 1. The molecule has 0 aliphatic carbocycles. The number of nitrogens with one attached hydrogen (secondary N) is 3. The molecule has 0 radical (unpaired) electrons. The molecule has 3 N–H and O–H groups in total. The van der Waals surface area contributed by atoms with Crippen LogP contribution in [-0.4, -0.2) is 34.5 Å². The molecule has 3 amide bonds. The number of hydrogen-bond donors (Lipinski definition) is 3. The van der Waals surface area contributed by atoms with Gasteiger partial charge in [-0.1, -0.05) is 30.3 Å². The van der Waals surface area contributed by atoms with Crippen LogP contribution in [0.2, 0.25) is 0 Å². The molecule has 0 saturated carbocycles. The average molecular weight is 533 g/mol. The molecule has 200 valence electrons. The van der Waals surface area contributed by atoms with Crippen LogP contribution in [0.25, 0.3) is 10.9 Å². The van der Waals surface area contributed by atoms with E-state index in [2.05, 4.69) is 15.6 Å². The topological polar surface area (TPSA) is 111 Å². The first-order chi connectivity index (χ1) is 19.2. The minimum Gasteiger partial charge on any atom is -0.361 e. The molecular weight excluding hydrogens is 504 g/mol. The number of aromatic amines is 1. The Balaban J connectivity index is 1.37. The summed E-state index contributed by atoms with van der Waals surface area (Å²) in [6.45, 7) is 5.40. The van der Waals surface area contributed by atoms with Crippen LogP contribution in [0.3, 0.4) is 0 Å². The molecule has 4 atom stereocenters. The van der Waals surface area contributed by atoms with Gasteiger partial charge < -0.3 is 10.3 Å². The molecule has 1 aromatic heterocycles. The molecule has 2 saturated heterocycles. The highest BCUT2D eigenvalue weighted by Gasteiger charge is 2.70. The van der Waals surface area contributed by atoms with Gasteiger partial charge in [-0.2, -0.15) is 0 Å². The number of fused-ring (bicyclic) bond motifs is 5. The number of hydrogen-bond acceptors (Lipinski definition) is 5. The number of Topliss-reactive ketones (excluding diaryl/α,β-unsaturated/α-hetero) is 1. The van der Waals surface area contributed by atoms with Gasteiger partial charge in [0.25, 0.3) is 0 Å². The Labute approximate surface area is 230 Å². The molecule has 3 aromatic carbocycles. The number of rotatable bonds is 4. The van der Waals surface area contributed by atoms with E-state index in [0.29, 0.717) is 28.9 Å². The Hall–Kier alpha value is -4.56. The van der Waals surface area contributed by atoms with Crippen LogP contribution in [-0.2, 0) is 26.3 Å². The molecule has 3 aliphatic rings. The van der Waals surface area contributed by atoms with Gasteiger partial charge in [0.15, 0.2) is 5.78 Å². The second kappa shape index (κ2) is 8.47. The number of amides is 3. The third kappa shape index (κ3) is 3.17. The zero-order chi connectivity index (χ0) is 27.9. The molecule has 3 aliphatic heterocycles. The van der Waals surface area contributed by atoms with Crippen LogP contribution in [0.15, 0.2) is 66.9 Å². The molecule has 7 rings (SSSR count). The van der Waals surface area contributed by atoms with Crippen molar-refractivity contribution in [1.82, 2.24) is 10.3 Å². The van der Waals surface area contributed by atoms with E-state index < -0.39 is 29.3 Å². The van der Waals surface area contributed by atoms with Crippen LogP contribution in [0.5, 0.6) is 0 Å². The predicted octanol–water partition coefficient (Wildman–Crippen LogP) is 4.16. The fraction of sp³-hybridized carbons (Fsp3) is 0.250. The fourth-order valence-corrected chi connectivity index (χ4v) is 6.93. The Morgan fingerprint density at radius 2 is 1.70 bits per heavy atom. The highest BCUT2D eigenvalue weighted by atomic mass is 16.2. The number of carbonyl (C=O) groups is 4. The summed E-state index contributed by atoms with van der Waals surface area (Å²) in [6, 6.07) is 17.8. The van der Waals surface area contributed by atoms with Crippen LogP contribution < -0.4 is 15.5 Å². The lowest BCUT2D eigenvalue weighted by Crippen LogP contribution is -2.53. The molecule has 40 heavy (non-hydrogen) atoms. The first-order valence-electron chi connectivity index (χ1n) is 13.5. The van der Waals surface area contributed by atoms with Crippen molar-refractivity contribution in [3.05, 3.63) is 94.7 Å². The van der Waals surface area contributed by atoms with Crippen LogP contribution in [0.1, 0.15) is 39.5 Å². The standard InChI is InChI=1S/C32H28N4O4/c1-16-8-13-23-28(17(16)2)34-31(40)32(23)27-26(25(35-32)14-20-15-33-24-7-5-4-6-22(20)24)29(38)36(30(27)39)21-11-9-19(10-12-21)18(3)37/h4-13,15,25-27,33,35H,14H2,1-3H3,(H,34,40)/t25?,26-,27+,32?/m1/s1. The summed E-state index contributed by atoms with van der Waals surface area (Å²) in [5.74, 6) is -2.86. The smallest absolute Gasteiger partial charge is 0.250 e. The fourth-order valence-electron chi connectivity index (χ4n) is 6.93. The predicted molar refractivity (Wildman–Crippen MR) is 151 cm³/mol. The van der Waals surface area contributed by atoms with E-state index in [4.69, 9.17) is 0 Å². The normalized spacial score (nSPS) is 25.1. The molecule has 0 bridgehead atoms. The summed E-state index contributed by atoms with van der Waals surface area (Å²) < 4.78 is 0. The number of para-hydroxylation sites is 1. The van der Waals surface area contributed by atoms with Crippen LogP contribution >= 0.6 is 0 Å². The van der Waals surface area contributed by atoms with Crippen LogP contribution in [0.4, 0.5) is 11.4 Å². The number of ketones is 1. The van der Waals surface area contributed by atoms with Gasteiger partial charge in [0.2, 0.25) is 17.7 Å². The largest absolute Gasteiger partial charge is 0.361 e. The molecule has 4 heterocycles. The van der Waals surface area contributed by atoms with Gasteiger partial charge in [-0.3, -0.25) is 24.5 Å². The minimum absolute atomic E-state index is 0.102. The summed E-state index contributed by atoms with van der Waals surface area (Å²) >= 11 is 0. The Morgan fingerprint density at radius 1 is 0.950 bits per heavy atom. The van der Waals surface area contributed by atoms with Gasteiger partial charge in [-0.15, -0.1) is 0 Å². The molecule has 8 nitrogen and oxygen atoms in total. The van der Waals surface area contributed by atoms with Crippen molar-refractivity contribution in [2.24, 2.45) is 11.8 Å². The Kier molecular flexibility index (Phi) is 5.18. The summed E-state index contributed by atoms with van der Waals surface area (Å²) in [5, 5.41) is 7.63. The van der Waals surface area contributed by atoms with E-state index in [9.17, 15) is 19.2 Å². The van der Waals surface area contributed by atoms with Gasteiger partial charge in [0.1, 0.15) is 5.54 Å². The second-order valence-corrected chi connectivity index (χ2v) is 11.1. The summed E-state index contributed by atoms with van der Waals surface area (Å²) in [4.78, 5) is 58.7. The lowest BCUT2D eigenvalue weighted by atomic mass is 9.75. The molecule has 2 unspecified atom stereocenters. The first kappa shape index (κ1) is 24.5. The number of aryl methyl sites for hydroxylation is 1. The number of nitrogens with zero attached hydrogens (tertiary/aromatic N) is 1. The van der Waals surface area contributed by atoms with Crippen molar-refractivity contribution in [3.8, 4) is 0 Å².